The summed E-state index contributed by atoms with van der Waals surface area (Å²) in [5.74, 6) is 2.14. The number of ether oxygens (including phenoxy) is 1. The minimum atomic E-state index is -0.759. The second-order valence-corrected chi connectivity index (χ2v) is 7.47. The minimum absolute atomic E-state index is 0.0169. The highest BCUT2D eigenvalue weighted by Gasteiger charge is 2.44. The smallest absolute Gasteiger partial charge is 0.248 e. The fourth-order valence-electron chi connectivity index (χ4n) is 3.08. The third-order valence-corrected chi connectivity index (χ3v) is 5.47. The van der Waals surface area contributed by atoms with E-state index in [-0.39, 0.29) is 5.91 Å². The minimum Gasteiger partial charge on any atom is -0.370 e. The van der Waals surface area contributed by atoms with Crippen molar-refractivity contribution in [1.82, 2.24) is 20.1 Å². The zero-order chi connectivity index (χ0) is 15.9. The van der Waals surface area contributed by atoms with E-state index in [0.29, 0.717) is 25.7 Å². The summed E-state index contributed by atoms with van der Waals surface area (Å²) in [6.07, 6.45) is 3.12. The highest BCUT2D eigenvalue weighted by Crippen LogP contribution is 2.41. The van der Waals surface area contributed by atoms with Gasteiger partial charge in [0, 0.05) is 17.3 Å². The Bertz CT molecular complexity index is 708. The standard InChI is InChI=1S/C16H20N4O2S/c1-16(15(21)17-7-6-12-3-2-8-23-12)10-22-9-13-18-19-14(20(13)16)11-4-5-11/h2-3,8,11H,4-7,9-10H2,1H3,(H,17,21). The summed E-state index contributed by atoms with van der Waals surface area (Å²) >= 11 is 1.71. The van der Waals surface area contributed by atoms with Gasteiger partial charge in [-0.05, 0) is 37.6 Å². The van der Waals surface area contributed by atoms with E-state index in [9.17, 15) is 4.79 Å². The Morgan fingerprint density at radius 2 is 2.39 bits per heavy atom. The van der Waals surface area contributed by atoms with Crippen LogP contribution in [-0.2, 0) is 28.1 Å². The molecule has 1 atom stereocenters. The van der Waals surface area contributed by atoms with Crippen LogP contribution in [0.3, 0.4) is 0 Å². The Balaban J connectivity index is 1.51. The lowest BCUT2D eigenvalue weighted by Crippen LogP contribution is -2.53. The number of nitrogens with zero attached hydrogens (tertiary/aromatic N) is 3. The number of hydrogen-bond donors (Lipinski definition) is 1. The van der Waals surface area contributed by atoms with Gasteiger partial charge in [0.1, 0.15) is 18.0 Å². The monoisotopic (exact) mass is 332 g/mol. The third kappa shape index (κ3) is 2.68. The SMILES string of the molecule is CC1(C(=O)NCCc2cccs2)COCc2nnc(C3CC3)n21. The molecule has 1 unspecified atom stereocenters. The van der Waals surface area contributed by atoms with Crippen molar-refractivity contribution in [3.63, 3.8) is 0 Å². The van der Waals surface area contributed by atoms with Gasteiger partial charge in [-0.1, -0.05) is 6.07 Å². The van der Waals surface area contributed by atoms with Crippen molar-refractivity contribution in [2.75, 3.05) is 13.2 Å². The number of carbonyl (C=O) groups excluding carboxylic acids is 1. The van der Waals surface area contributed by atoms with Crippen LogP contribution in [0.25, 0.3) is 0 Å². The molecule has 1 saturated carbocycles. The van der Waals surface area contributed by atoms with E-state index in [1.165, 1.54) is 4.88 Å². The van der Waals surface area contributed by atoms with Crippen molar-refractivity contribution in [3.8, 4) is 0 Å². The molecule has 4 rings (SSSR count). The maximum Gasteiger partial charge on any atom is 0.248 e. The number of fused-ring (bicyclic) bond motifs is 1. The molecule has 1 aliphatic heterocycles. The second-order valence-electron chi connectivity index (χ2n) is 6.44. The van der Waals surface area contributed by atoms with Gasteiger partial charge in [-0.25, -0.2) is 0 Å². The fraction of sp³-hybridized carbons (Fsp3) is 0.562. The lowest BCUT2D eigenvalue weighted by Gasteiger charge is -2.35. The molecule has 2 aromatic heterocycles. The first-order chi connectivity index (χ1) is 11.2. The number of aromatic nitrogens is 3. The maximum absolute atomic E-state index is 12.8. The van der Waals surface area contributed by atoms with Gasteiger partial charge in [-0.2, -0.15) is 0 Å². The Morgan fingerprint density at radius 3 is 3.13 bits per heavy atom. The molecule has 23 heavy (non-hydrogen) atoms. The van der Waals surface area contributed by atoms with Gasteiger partial charge >= 0.3 is 0 Å². The summed E-state index contributed by atoms with van der Waals surface area (Å²) in [6.45, 7) is 3.34. The lowest BCUT2D eigenvalue weighted by molar-refractivity contribution is -0.135. The molecule has 1 aliphatic carbocycles. The van der Waals surface area contributed by atoms with E-state index in [1.807, 2.05) is 17.6 Å². The van der Waals surface area contributed by atoms with Crippen molar-refractivity contribution < 1.29 is 9.53 Å². The quantitative estimate of drug-likeness (QED) is 0.907. The van der Waals surface area contributed by atoms with Crippen LogP contribution in [-0.4, -0.2) is 33.8 Å². The van der Waals surface area contributed by atoms with Gasteiger partial charge in [0.05, 0.1) is 6.61 Å². The average molecular weight is 332 g/mol. The third-order valence-electron chi connectivity index (χ3n) is 4.53. The first kappa shape index (κ1) is 14.8. The molecule has 6 nitrogen and oxygen atoms in total. The van der Waals surface area contributed by atoms with E-state index < -0.39 is 5.54 Å². The molecule has 2 aromatic rings. The highest BCUT2D eigenvalue weighted by molar-refractivity contribution is 7.09. The second kappa shape index (κ2) is 5.72. The molecular weight excluding hydrogens is 312 g/mol. The molecule has 1 N–H and O–H groups in total. The molecule has 0 saturated heterocycles. The van der Waals surface area contributed by atoms with Crippen LogP contribution < -0.4 is 5.32 Å². The molecule has 0 spiro atoms. The van der Waals surface area contributed by atoms with Crippen LogP contribution >= 0.6 is 11.3 Å². The average Bonchev–Trinajstić information content (AvgIpc) is 3.08. The van der Waals surface area contributed by atoms with Crippen LogP contribution in [0.1, 0.15) is 42.2 Å². The first-order valence-electron chi connectivity index (χ1n) is 8.01. The van der Waals surface area contributed by atoms with Crippen LogP contribution in [0.2, 0.25) is 0 Å². The number of amides is 1. The molecule has 7 heteroatoms. The van der Waals surface area contributed by atoms with Crippen LogP contribution in [0.5, 0.6) is 0 Å². The molecule has 1 fully saturated rings. The van der Waals surface area contributed by atoms with E-state index in [2.05, 4.69) is 27.0 Å². The van der Waals surface area contributed by atoms with Crippen molar-refractivity contribution >= 4 is 17.2 Å². The van der Waals surface area contributed by atoms with Gasteiger partial charge in [-0.3, -0.25) is 9.36 Å². The Kier molecular flexibility index (Phi) is 3.69. The zero-order valence-electron chi connectivity index (χ0n) is 13.1. The number of thiophene rings is 1. The van der Waals surface area contributed by atoms with Gasteiger partial charge < -0.3 is 10.1 Å². The number of nitrogens with one attached hydrogen (secondary N) is 1. The van der Waals surface area contributed by atoms with Gasteiger partial charge in [0.15, 0.2) is 5.82 Å². The largest absolute Gasteiger partial charge is 0.370 e. The van der Waals surface area contributed by atoms with Crippen molar-refractivity contribution in [1.29, 1.82) is 0 Å². The van der Waals surface area contributed by atoms with E-state index in [1.54, 1.807) is 11.3 Å². The molecular formula is C16H20N4O2S. The lowest BCUT2D eigenvalue weighted by atomic mass is 9.99. The van der Waals surface area contributed by atoms with Crippen LogP contribution in [0, 0.1) is 0 Å². The maximum atomic E-state index is 12.8. The van der Waals surface area contributed by atoms with Crippen LogP contribution in [0.4, 0.5) is 0 Å². The molecule has 2 aliphatic rings. The number of rotatable bonds is 5. The van der Waals surface area contributed by atoms with Crippen LogP contribution in [0.15, 0.2) is 17.5 Å². The summed E-state index contributed by atoms with van der Waals surface area (Å²) in [6, 6.07) is 4.12. The number of carbonyl (C=O) groups is 1. The van der Waals surface area contributed by atoms with Gasteiger partial charge in [0.25, 0.3) is 0 Å². The normalized spacial score (nSPS) is 23.5. The van der Waals surface area contributed by atoms with Gasteiger partial charge in [0.2, 0.25) is 5.91 Å². The fourth-order valence-corrected chi connectivity index (χ4v) is 3.79. The summed E-state index contributed by atoms with van der Waals surface area (Å²) in [5.41, 5.74) is -0.759. The molecule has 3 heterocycles. The summed E-state index contributed by atoms with van der Waals surface area (Å²) < 4.78 is 7.64. The summed E-state index contributed by atoms with van der Waals surface area (Å²) in [4.78, 5) is 14.1. The van der Waals surface area contributed by atoms with E-state index in [4.69, 9.17) is 4.74 Å². The van der Waals surface area contributed by atoms with Crippen molar-refractivity contribution in [3.05, 3.63) is 34.0 Å². The van der Waals surface area contributed by atoms with Crippen molar-refractivity contribution in [2.24, 2.45) is 0 Å². The molecule has 0 bridgehead atoms. The Morgan fingerprint density at radius 1 is 1.52 bits per heavy atom. The predicted molar refractivity (Wildman–Crippen MR) is 86.3 cm³/mol. The molecule has 1 amide bonds. The summed E-state index contributed by atoms with van der Waals surface area (Å²) in [5, 5.41) is 13.7. The topological polar surface area (TPSA) is 69.0 Å². The van der Waals surface area contributed by atoms with Gasteiger partial charge in [-0.15, -0.1) is 21.5 Å². The number of hydrogen-bond acceptors (Lipinski definition) is 5. The predicted octanol–water partition coefficient (Wildman–Crippen LogP) is 1.82. The van der Waals surface area contributed by atoms with E-state index in [0.717, 1.165) is 30.9 Å². The Labute approximate surface area is 138 Å². The Hall–Kier alpha value is -1.73. The molecule has 122 valence electrons. The molecule has 0 radical (unpaired) electrons. The highest BCUT2D eigenvalue weighted by atomic mass is 32.1. The summed E-state index contributed by atoms with van der Waals surface area (Å²) in [7, 11) is 0. The molecule has 0 aromatic carbocycles. The zero-order valence-corrected chi connectivity index (χ0v) is 13.9. The van der Waals surface area contributed by atoms with Crippen molar-refractivity contribution in [2.45, 2.75) is 44.2 Å². The first-order valence-corrected chi connectivity index (χ1v) is 8.89. The van der Waals surface area contributed by atoms with E-state index >= 15 is 0 Å².